The fourth-order valence-electron chi connectivity index (χ4n) is 1.90. The molecule has 1 saturated heterocycles. The Morgan fingerprint density at radius 1 is 1.72 bits per heavy atom. The van der Waals surface area contributed by atoms with Crippen LogP contribution in [0.3, 0.4) is 0 Å². The minimum absolute atomic E-state index is 0.0700. The maximum Gasteiger partial charge on any atom is 0.221 e. The lowest BCUT2D eigenvalue weighted by molar-refractivity contribution is -0.121. The fourth-order valence-corrected chi connectivity index (χ4v) is 2.85. The first kappa shape index (κ1) is 13.4. The summed E-state index contributed by atoms with van der Waals surface area (Å²) >= 11 is 1.90. The molecular formula is C11H19N5OS. The van der Waals surface area contributed by atoms with Gasteiger partial charge in [0.05, 0.1) is 6.54 Å². The largest absolute Gasteiger partial charge is 0.349 e. The molecule has 1 aliphatic rings. The normalized spacial score (nSPS) is 19.7. The van der Waals surface area contributed by atoms with Crippen molar-refractivity contribution in [2.24, 2.45) is 0 Å². The number of rotatable bonds is 5. The van der Waals surface area contributed by atoms with Gasteiger partial charge in [0.2, 0.25) is 5.91 Å². The van der Waals surface area contributed by atoms with Crippen LogP contribution in [0.25, 0.3) is 0 Å². The van der Waals surface area contributed by atoms with E-state index in [1.54, 1.807) is 6.33 Å². The SMILES string of the molecule is CCn1cnnc1CNC(=O)CC1CSCCN1. The first-order valence-corrected chi connectivity index (χ1v) is 7.39. The molecule has 0 saturated carbocycles. The number of aryl methyl sites for hydroxylation is 1. The van der Waals surface area contributed by atoms with Gasteiger partial charge in [-0.1, -0.05) is 0 Å². The summed E-state index contributed by atoms with van der Waals surface area (Å²) in [5.74, 6) is 3.02. The van der Waals surface area contributed by atoms with Crippen molar-refractivity contribution in [3.8, 4) is 0 Å². The van der Waals surface area contributed by atoms with Crippen LogP contribution in [0, 0.1) is 0 Å². The molecule has 1 fully saturated rings. The smallest absolute Gasteiger partial charge is 0.221 e. The topological polar surface area (TPSA) is 71.8 Å². The van der Waals surface area contributed by atoms with Crippen LogP contribution in [-0.4, -0.2) is 44.8 Å². The second-order valence-electron chi connectivity index (χ2n) is 4.24. The number of nitrogens with zero attached hydrogens (tertiary/aromatic N) is 3. The van der Waals surface area contributed by atoms with E-state index in [-0.39, 0.29) is 5.91 Å². The Hall–Kier alpha value is -1.08. The molecule has 0 aliphatic carbocycles. The summed E-state index contributed by atoms with van der Waals surface area (Å²) in [5, 5.41) is 14.1. The van der Waals surface area contributed by atoms with E-state index in [0.717, 1.165) is 30.4 Å². The number of carbonyl (C=O) groups is 1. The number of nitrogens with one attached hydrogen (secondary N) is 2. The molecule has 1 aliphatic heterocycles. The van der Waals surface area contributed by atoms with Crippen molar-refractivity contribution in [2.45, 2.75) is 32.5 Å². The third-order valence-electron chi connectivity index (χ3n) is 2.91. The first-order valence-electron chi connectivity index (χ1n) is 6.24. The van der Waals surface area contributed by atoms with Gasteiger partial charge >= 0.3 is 0 Å². The molecule has 1 atom stereocenters. The minimum Gasteiger partial charge on any atom is -0.349 e. The quantitative estimate of drug-likeness (QED) is 0.788. The van der Waals surface area contributed by atoms with Gasteiger partial charge in [0.15, 0.2) is 5.82 Å². The van der Waals surface area contributed by atoms with E-state index in [1.807, 2.05) is 23.3 Å². The van der Waals surface area contributed by atoms with E-state index in [1.165, 1.54) is 0 Å². The minimum atomic E-state index is 0.0700. The molecule has 0 radical (unpaired) electrons. The maximum absolute atomic E-state index is 11.8. The molecule has 18 heavy (non-hydrogen) atoms. The van der Waals surface area contributed by atoms with Gasteiger partial charge in [-0.05, 0) is 6.92 Å². The number of hydrogen-bond acceptors (Lipinski definition) is 5. The first-order chi connectivity index (χ1) is 8.79. The molecule has 7 heteroatoms. The number of amides is 1. The lowest BCUT2D eigenvalue weighted by Gasteiger charge is -2.22. The zero-order chi connectivity index (χ0) is 12.8. The Labute approximate surface area is 111 Å². The molecule has 2 rings (SSSR count). The highest BCUT2D eigenvalue weighted by Gasteiger charge is 2.16. The molecule has 0 aromatic carbocycles. The van der Waals surface area contributed by atoms with Crippen LogP contribution in [0.2, 0.25) is 0 Å². The predicted molar refractivity (Wildman–Crippen MR) is 71.3 cm³/mol. The summed E-state index contributed by atoms with van der Waals surface area (Å²) in [6, 6.07) is 0.299. The van der Waals surface area contributed by atoms with Gasteiger partial charge in [-0.2, -0.15) is 11.8 Å². The zero-order valence-electron chi connectivity index (χ0n) is 10.6. The summed E-state index contributed by atoms with van der Waals surface area (Å²) in [6.07, 6.45) is 2.22. The highest BCUT2D eigenvalue weighted by molar-refractivity contribution is 7.99. The maximum atomic E-state index is 11.8. The van der Waals surface area contributed by atoms with Crippen molar-refractivity contribution in [1.29, 1.82) is 0 Å². The van der Waals surface area contributed by atoms with E-state index in [0.29, 0.717) is 19.0 Å². The number of aromatic nitrogens is 3. The molecule has 0 bridgehead atoms. The van der Waals surface area contributed by atoms with Gasteiger partial charge in [0.25, 0.3) is 0 Å². The van der Waals surface area contributed by atoms with Crippen molar-refractivity contribution < 1.29 is 4.79 Å². The number of thioether (sulfide) groups is 1. The molecule has 1 unspecified atom stereocenters. The fraction of sp³-hybridized carbons (Fsp3) is 0.727. The van der Waals surface area contributed by atoms with Crippen molar-refractivity contribution in [3.05, 3.63) is 12.2 Å². The van der Waals surface area contributed by atoms with E-state index in [9.17, 15) is 4.79 Å². The van der Waals surface area contributed by atoms with Crippen LogP contribution in [0.5, 0.6) is 0 Å². The standard InChI is InChI=1S/C11H19N5OS/c1-2-16-8-14-15-10(16)6-13-11(17)5-9-7-18-4-3-12-9/h8-9,12H,2-7H2,1H3,(H,13,17). The van der Waals surface area contributed by atoms with Gasteiger partial charge in [0, 0.05) is 37.1 Å². The van der Waals surface area contributed by atoms with Crippen LogP contribution in [0.4, 0.5) is 0 Å². The molecular weight excluding hydrogens is 250 g/mol. The van der Waals surface area contributed by atoms with E-state index in [4.69, 9.17) is 0 Å². The van der Waals surface area contributed by atoms with Gasteiger partial charge in [-0.3, -0.25) is 4.79 Å². The Kier molecular flexibility index (Phi) is 5.00. The van der Waals surface area contributed by atoms with E-state index >= 15 is 0 Å². The molecule has 2 heterocycles. The second-order valence-corrected chi connectivity index (χ2v) is 5.39. The second kappa shape index (κ2) is 6.75. The molecule has 100 valence electrons. The Morgan fingerprint density at radius 2 is 2.61 bits per heavy atom. The average Bonchev–Trinajstić information content (AvgIpc) is 2.85. The van der Waals surface area contributed by atoms with Gasteiger partial charge < -0.3 is 15.2 Å². The van der Waals surface area contributed by atoms with Gasteiger partial charge in [0.1, 0.15) is 6.33 Å². The molecule has 6 nitrogen and oxygen atoms in total. The summed E-state index contributed by atoms with van der Waals surface area (Å²) in [4.78, 5) is 11.8. The van der Waals surface area contributed by atoms with Gasteiger partial charge in [-0.15, -0.1) is 10.2 Å². The molecule has 2 N–H and O–H groups in total. The summed E-state index contributed by atoms with van der Waals surface area (Å²) < 4.78 is 1.93. The van der Waals surface area contributed by atoms with Gasteiger partial charge in [-0.25, -0.2) is 0 Å². The van der Waals surface area contributed by atoms with Crippen LogP contribution in [0.15, 0.2) is 6.33 Å². The lowest BCUT2D eigenvalue weighted by Crippen LogP contribution is -2.41. The molecule has 1 aromatic heterocycles. The summed E-state index contributed by atoms with van der Waals surface area (Å²) in [5.41, 5.74) is 0. The third-order valence-corrected chi connectivity index (χ3v) is 4.04. The van der Waals surface area contributed by atoms with Crippen LogP contribution >= 0.6 is 11.8 Å². The highest BCUT2D eigenvalue weighted by Crippen LogP contribution is 2.10. The van der Waals surface area contributed by atoms with Crippen molar-refractivity contribution in [2.75, 3.05) is 18.1 Å². The Morgan fingerprint density at radius 3 is 3.33 bits per heavy atom. The Balaban J connectivity index is 1.74. The zero-order valence-corrected chi connectivity index (χ0v) is 11.4. The highest BCUT2D eigenvalue weighted by atomic mass is 32.2. The summed E-state index contributed by atoms with van der Waals surface area (Å²) in [7, 11) is 0. The summed E-state index contributed by atoms with van der Waals surface area (Å²) in [6.45, 7) is 4.29. The monoisotopic (exact) mass is 269 g/mol. The van der Waals surface area contributed by atoms with Crippen molar-refractivity contribution in [3.63, 3.8) is 0 Å². The van der Waals surface area contributed by atoms with Crippen LogP contribution in [-0.2, 0) is 17.9 Å². The molecule has 1 amide bonds. The van der Waals surface area contributed by atoms with Crippen LogP contribution < -0.4 is 10.6 Å². The van der Waals surface area contributed by atoms with E-state index < -0.39 is 0 Å². The van der Waals surface area contributed by atoms with Crippen LogP contribution in [0.1, 0.15) is 19.2 Å². The van der Waals surface area contributed by atoms with Crippen molar-refractivity contribution >= 4 is 17.7 Å². The number of hydrogen-bond donors (Lipinski definition) is 2. The predicted octanol–water partition coefficient (Wildman–Crippen LogP) is 0.00930. The van der Waals surface area contributed by atoms with Crippen molar-refractivity contribution in [1.82, 2.24) is 25.4 Å². The third kappa shape index (κ3) is 3.71. The Bertz CT molecular complexity index is 389. The average molecular weight is 269 g/mol. The number of carbonyl (C=O) groups excluding carboxylic acids is 1. The molecule has 0 spiro atoms. The van der Waals surface area contributed by atoms with E-state index in [2.05, 4.69) is 20.8 Å². The lowest BCUT2D eigenvalue weighted by atomic mass is 10.2. The molecule has 1 aromatic rings.